The number of nitrogens with zero attached hydrogens (tertiary/aromatic N) is 2. The standard InChI is InChI=1S/C17H24ClN3O2/c1-13(20-6-8-23-9-7-20)11-19-17(22)21-5-4-14-10-16(18)3-2-15(14)12-21/h2-3,10,13H,4-9,11-12H2,1H3,(H,19,22)/t13-/m0/s1. The van der Waals surface area contributed by atoms with Gasteiger partial charge in [-0.2, -0.15) is 0 Å². The molecule has 1 atom stereocenters. The minimum Gasteiger partial charge on any atom is -0.379 e. The van der Waals surface area contributed by atoms with Gasteiger partial charge in [-0.3, -0.25) is 4.90 Å². The maximum Gasteiger partial charge on any atom is 0.317 e. The van der Waals surface area contributed by atoms with Crippen LogP contribution >= 0.6 is 11.6 Å². The number of ether oxygens (including phenoxy) is 1. The van der Waals surface area contributed by atoms with Gasteiger partial charge >= 0.3 is 6.03 Å². The minimum atomic E-state index is 0.0192. The molecule has 6 heteroatoms. The summed E-state index contributed by atoms with van der Waals surface area (Å²) in [6.07, 6.45) is 0.863. The summed E-state index contributed by atoms with van der Waals surface area (Å²) in [5.41, 5.74) is 2.44. The number of nitrogens with one attached hydrogen (secondary N) is 1. The Balaban J connectivity index is 1.50. The van der Waals surface area contributed by atoms with Crippen molar-refractivity contribution in [1.29, 1.82) is 0 Å². The Labute approximate surface area is 142 Å². The molecule has 1 saturated heterocycles. The highest BCUT2D eigenvalue weighted by Crippen LogP contribution is 2.22. The lowest BCUT2D eigenvalue weighted by molar-refractivity contribution is 0.0206. The third-order valence-corrected chi connectivity index (χ3v) is 4.92. The molecule has 1 aromatic carbocycles. The number of urea groups is 1. The van der Waals surface area contributed by atoms with Gasteiger partial charge in [-0.25, -0.2) is 4.79 Å². The third kappa shape index (κ3) is 4.16. The average molecular weight is 338 g/mol. The Morgan fingerprint density at radius 2 is 2.09 bits per heavy atom. The fraction of sp³-hybridized carbons (Fsp3) is 0.588. The van der Waals surface area contributed by atoms with Gasteiger partial charge in [0.2, 0.25) is 0 Å². The first-order chi connectivity index (χ1) is 11.1. The van der Waals surface area contributed by atoms with Gasteiger partial charge in [0.25, 0.3) is 0 Å². The normalized spacial score (nSPS) is 20.0. The first-order valence-electron chi connectivity index (χ1n) is 8.25. The summed E-state index contributed by atoms with van der Waals surface area (Å²) in [5.74, 6) is 0. The molecule has 23 heavy (non-hydrogen) atoms. The van der Waals surface area contributed by atoms with Crippen molar-refractivity contribution in [3.8, 4) is 0 Å². The van der Waals surface area contributed by atoms with Crippen molar-refractivity contribution >= 4 is 17.6 Å². The molecule has 0 aromatic heterocycles. The van der Waals surface area contributed by atoms with Crippen molar-refractivity contribution in [1.82, 2.24) is 15.1 Å². The third-order valence-electron chi connectivity index (χ3n) is 4.69. The van der Waals surface area contributed by atoms with Gasteiger partial charge in [0.1, 0.15) is 0 Å². The molecule has 0 saturated carbocycles. The smallest absolute Gasteiger partial charge is 0.317 e. The molecule has 1 N–H and O–H groups in total. The molecular formula is C17H24ClN3O2. The van der Waals surface area contributed by atoms with E-state index < -0.39 is 0 Å². The molecule has 0 aliphatic carbocycles. The molecule has 2 aliphatic rings. The van der Waals surface area contributed by atoms with E-state index in [0.29, 0.717) is 19.1 Å². The van der Waals surface area contributed by atoms with E-state index in [2.05, 4.69) is 17.1 Å². The van der Waals surface area contributed by atoms with Gasteiger partial charge in [-0.05, 0) is 36.6 Å². The highest BCUT2D eigenvalue weighted by atomic mass is 35.5. The SMILES string of the molecule is C[C@@H](CNC(=O)N1CCc2cc(Cl)ccc2C1)N1CCOCC1. The first kappa shape index (κ1) is 16.6. The lowest BCUT2D eigenvalue weighted by atomic mass is 10.0. The largest absolute Gasteiger partial charge is 0.379 e. The molecule has 2 heterocycles. The van der Waals surface area contributed by atoms with Gasteiger partial charge in [-0.15, -0.1) is 0 Å². The van der Waals surface area contributed by atoms with Crippen molar-refractivity contribution in [2.75, 3.05) is 39.4 Å². The molecule has 0 spiro atoms. The number of hydrogen-bond donors (Lipinski definition) is 1. The fourth-order valence-corrected chi connectivity index (χ4v) is 3.38. The van der Waals surface area contributed by atoms with Gasteiger partial charge in [-0.1, -0.05) is 17.7 Å². The number of carbonyl (C=O) groups is 1. The molecule has 3 rings (SSSR count). The van der Waals surface area contributed by atoms with E-state index >= 15 is 0 Å². The molecule has 1 fully saturated rings. The van der Waals surface area contributed by atoms with Crippen LogP contribution in [0.5, 0.6) is 0 Å². The second kappa shape index (κ2) is 7.51. The lowest BCUT2D eigenvalue weighted by Crippen LogP contribution is -2.50. The van der Waals surface area contributed by atoms with Crippen LogP contribution in [0.25, 0.3) is 0 Å². The van der Waals surface area contributed by atoms with Crippen LogP contribution in [0.4, 0.5) is 4.79 Å². The Hall–Kier alpha value is -1.30. The number of morpholine rings is 1. The van der Waals surface area contributed by atoms with Crippen molar-refractivity contribution in [2.45, 2.75) is 25.9 Å². The lowest BCUT2D eigenvalue weighted by Gasteiger charge is -2.33. The predicted octanol–water partition coefficient (Wildman–Crippen LogP) is 2.13. The Morgan fingerprint density at radius 3 is 2.87 bits per heavy atom. The molecular weight excluding hydrogens is 314 g/mol. The number of carbonyl (C=O) groups excluding carboxylic acids is 1. The van der Waals surface area contributed by atoms with Crippen molar-refractivity contribution in [3.05, 3.63) is 34.3 Å². The Bertz CT molecular complexity index is 561. The monoisotopic (exact) mass is 337 g/mol. The molecule has 0 unspecified atom stereocenters. The molecule has 2 amide bonds. The summed E-state index contributed by atoms with van der Waals surface area (Å²) < 4.78 is 5.37. The van der Waals surface area contributed by atoms with E-state index in [4.69, 9.17) is 16.3 Å². The van der Waals surface area contributed by atoms with Crippen LogP contribution in [0.15, 0.2) is 18.2 Å². The first-order valence-corrected chi connectivity index (χ1v) is 8.63. The zero-order valence-corrected chi connectivity index (χ0v) is 14.3. The fourth-order valence-electron chi connectivity index (χ4n) is 3.19. The Morgan fingerprint density at radius 1 is 1.30 bits per heavy atom. The number of fused-ring (bicyclic) bond motifs is 1. The van der Waals surface area contributed by atoms with Crippen LogP contribution in [0.2, 0.25) is 5.02 Å². The quantitative estimate of drug-likeness (QED) is 0.919. The zero-order chi connectivity index (χ0) is 16.2. The van der Waals surface area contributed by atoms with Crippen molar-refractivity contribution in [2.24, 2.45) is 0 Å². The number of rotatable bonds is 3. The van der Waals surface area contributed by atoms with E-state index in [1.807, 2.05) is 23.1 Å². The predicted molar refractivity (Wildman–Crippen MR) is 90.8 cm³/mol. The summed E-state index contributed by atoms with van der Waals surface area (Å²) >= 11 is 6.03. The molecule has 0 bridgehead atoms. The second-order valence-electron chi connectivity index (χ2n) is 6.27. The van der Waals surface area contributed by atoms with Crippen LogP contribution < -0.4 is 5.32 Å². The summed E-state index contributed by atoms with van der Waals surface area (Å²) in [7, 11) is 0. The zero-order valence-electron chi connectivity index (χ0n) is 13.6. The number of halogens is 1. The minimum absolute atomic E-state index is 0.0192. The van der Waals surface area contributed by atoms with Crippen LogP contribution in [0.1, 0.15) is 18.1 Å². The molecule has 1 aromatic rings. The van der Waals surface area contributed by atoms with Gasteiger partial charge in [0.15, 0.2) is 0 Å². The van der Waals surface area contributed by atoms with Crippen LogP contribution in [0.3, 0.4) is 0 Å². The average Bonchev–Trinajstić information content (AvgIpc) is 2.59. The van der Waals surface area contributed by atoms with Crippen LogP contribution in [0, 0.1) is 0 Å². The van der Waals surface area contributed by atoms with E-state index in [9.17, 15) is 4.79 Å². The van der Waals surface area contributed by atoms with Gasteiger partial charge in [0.05, 0.1) is 13.2 Å². The van der Waals surface area contributed by atoms with Crippen molar-refractivity contribution in [3.63, 3.8) is 0 Å². The summed E-state index contributed by atoms with van der Waals surface area (Å²) in [4.78, 5) is 16.6. The van der Waals surface area contributed by atoms with Gasteiger partial charge in [0, 0.05) is 43.8 Å². The number of amides is 2. The number of benzene rings is 1. The van der Waals surface area contributed by atoms with Crippen LogP contribution in [-0.2, 0) is 17.7 Å². The second-order valence-corrected chi connectivity index (χ2v) is 6.70. The maximum atomic E-state index is 12.4. The molecule has 5 nitrogen and oxygen atoms in total. The molecule has 0 radical (unpaired) electrons. The van der Waals surface area contributed by atoms with E-state index in [0.717, 1.165) is 44.3 Å². The van der Waals surface area contributed by atoms with E-state index in [-0.39, 0.29) is 6.03 Å². The van der Waals surface area contributed by atoms with E-state index in [1.165, 1.54) is 11.1 Å². The summed E-state index contributed by atoms with van der Waals surface area (Å²) in [6.45, 7) is 7.66. The summed E-state index contributed by atoms with van der Waals surface area (Å²) in [5, 5.41) is 3.83. The maximum absolute atomic E-state index is 12.4. The van der Waals surface area contributed by atoms with Crippen LogP contribution in [-0.4, -0.2) is 61.3 Å². The highest BCUT2D eigenvalue weighted by molar-refractivity contribution is 6.30. The van der Waals surface area contributed by atoms with E-state index in [1.54, 1.807) is 0 Å². The molecule has 2 aliphatic heterocycles. The summed E-state index contributed by atoms with van der Waals surface area (Å²) in [6, 6.07) is 6.27. The number of hydrogen-bond acceptors (Lipinski definition) is 3. The highest BCUT2D eigenvalue weighted by Gasteiger charge is 2.22. The topological polar surface area (TPSA) is 44.8 Å². The molecule has 126 valence electrons. The van der Waals surface area contributed by atoms with Crippen molar-refractivity contribution < 1.29 is 9.53 Å². The Kier molecular flexibility index (Phi) is 5.41. The van der Waals surface area contributed by atoms with Gasteiger partial charge < -0.3 is 15.0 Å².